The van der Waals surface area contributed by atoms with Gasteiger partial charge in [0.25, 0.3) is 0 Å². The quantitative estimate of drug-likeness (QED) is 0.757. The lowest BCUT2D eigenvalue weighted by Gasteiger charge is -2.27. The van der Waals surface area contributed by atoms with E-state index in [1.54, 1.807) is 0 Å². The molecule has 1 fully saturated rings. The summed E-state index contributed by atoms with van der Waals surface area (Å²) in [7, 11) is 0. The van der Waals surface area contributed by atoms with E-state index >= 15 is 0 Å². The highest BCUT2D eigenvalue weighted by molar-refractivity contribution is 5.90. The van der Waals surface area contributed by atoms with Crippen molar-refractivity contribution in [1.82, 2.24) is 9.97 Å². The molecule has 0 radical (unpaired) electrons. The Kier molecular flexibility index (Phi) is 4.77. The Morgan fingerprint density at radius 2 is 1.60 bits per heavy atom. The van der Waals surface area contributed by atoms with Gasteiger partial charge in [0.05, 0.1) is 5.52 Å². The molecule has 0 atom stereocenters. The fourth-order valence-corrected chi connectivity index (χ4v) is 3.40. The van der Waals surface area contributed by atoms with Crippen LogP contribution in [0.25, 0.3) is 10.9 Å². The van der Waals surface area contributed by atoms with Crippen molar-refractivity contribution in [3.05, 3.63) is 60.2 Å². The maximum atomic E-state index is 4.86. The number of aromatic nitrogens is 2. The number of hydrogen-bond acceptors (Lipinski definition) is 4. The third-order valence-electron chi connectivity index (χ3n) is 4.78. The van der Waals surface area contributed by atoms with E-state index in [1.165, 1.54) is 24.8 Å². The number of para-hydroxylation sites is 1. The minimum absolute atomic E-state index is 0.862. The minimum Gasteiger partial charge on any atom is -0.369 e. The number of anilines is 2. The molecular formula is C21H24N4. The van der Waals surface area contributed by atoms with Gasteiger partial charge in [-0.1, -0.05) is 42.5 Å². The Balaban J connectivity index is 1.57. The van der Waals surface area contributed by atoms with E-state index in [1.807, 2.05) is 6.07 Å². The number of rotatable bonds is 5. The van der Waals surface area contributed by atoms with E-state index in [2.05, 4.69) is 58.7 Å². The van der Waals surface area contributed by atoms with E-state index in [0.717, 1.165) is 48.7 Å². The summed E-state index contributed by atoms with van der Waals surface area (Å²) in [6.45, 7) is 2.98. The third kappa shape index (κ3) is 3.73. The van der Waals surface area contributed by atoms with Gasteiger partial charge in [0.15, 0.2) is 0 Å². The molecular weight excluding hydrogens is 308 g/mol. The lowest BCUT2D eigenvalue weighted by molar-refractivity contribution is 0.569. The number of benzene rings is 2. The van der Waals surface area contributed by atoms with Crippen LogP contribution in [0.3, 0.4) is 0 Å². The molecule has 0 amide bonds. The molecule has 2 aromatic carbocycles. The number of nitrogens with one attached hydrogen (secondary N) is 1. The van der Waals surface area contributed by atoms with Crippen molar-refractivity contribution in [3.8, 4) is 0 Å². The van der Waals surface area contributed by atoms with Crippen LogP contribution in [0.2, 0.25) is 0 Å². The zero-order chi connectivity index (χ0) is 16.9. The largest absolute Gasteiger partial charge is 0.369 e. The van der Waals surface area contributed by atoms with Gasteiger partial charge in [-0.05, 0) is 43.4 Å². The molecule has 4 rings (SSSR count). The Morgan fingerprint density at radius 1 is 0.840 bits per heavy atom. The molecule has 1 aromatic heterocycles. The maximum Gasteiger partial charge on any atom is 0.227 e. The van der Waals surface area contributed by atoms with E-state index in [-0.39, 0.29) is 0 Å². The van der Waals surface area contributed by atoms with Crippen LogP contribution in [0, 0.1) is 0 Å². The van der Waals surface area contributed by atoms with Gasteiger partial charge in [-0.15, -0.1) is 0 Å². The topological polar surface area (TPSA) is 41.1 Å². The molecule has 1 saturated heterocycles. The second kappa shape index (κ2) is 7.51. The van der Waals surface area contributed by atoms with E-state index in [9.17, 15) is 0 Å². The highest BCUT2D eigenvalue weighted by atomic mass is 15.3. The highest BCUT2D eigenvalue weighted by Gasteiger charge is 2.16. The van der Waals surface area contributed by atoms with Crippen molar-refractivity contribution >= 4 is 22.7 Å². The van der Waals surface area contributed by atoms with E-state index < -0.39 is 0 Å². The molecule has 128 valence electrons. The minimum atomic E-state index is 0.862. The first-order chi connectivity index (χ1) is 12.4. The number of piperidine rings is 1. The Labute approximate surface area is 148 Å². The highest BCUT2D eigenvalue weighted by Crippen LogP contribution is 2.25. The van der Waals surface area contributed by atoms with Crippen LogP contribution >= 0.6 is 0 Å². The van der Waals surface area contributed by atoms with Crippen LogP contribution in [-0.2, 0) is 6.42 Å². The molecule has 0 aliphatic carbocycles. The number of fused-ring (bicyclic) bond motifs is 1. The first-order valence-corrected chi connectivity index (χ1v) is 9.20. The summed E-state index contributed by atoms with van der Waals surface area (Å²) in [5.41, 5.74) is 2.35. The molecule has 1 N–H and O–H groups in total. The predicted molar refractivity (Wildman–Crippen MR) is 104 cm³/mol. The number of nitrogens with zero attached hydrogens (tertiary/aromatic N) is 3. The van der Waals surface area contributed by atoms with Gasteiger partial charge in [-0.25, -0.2) is 4.98 Å². The monoisotopic (exact) mass is 332 g/mol. The Morgan fingerprint density at radius 3 is 2.44 bits per heavy atom. The molecule has 0 unspecified atom stereocenters. The van der Waals surface area contributed by atoms with Crippen LogP contribution in [0.15, 0.2) is 54.6 Å². The van der Waals surface area contributed by atoms with Crippen molar-refractivity contribution in [2.75, 3.05) is 29.9 Å². The summed E-state index contributed by atoms with van der Waals surface area (Å²) in [5, 5.41) is 4.63. The molecule has 3 aromatic rings. The smallest absolute Gasteiger partial charge is 0.227 e. The SMILES string of the molecule is c1ccc(CCNc2nc(N3CCCCC3)nc3ccccc23)cc1. The molecule has 1 aliphatic heterocycles. The number of hydrogen-bond donors (Lipinski definition) is 1. The normalized spacial score (nSPS) is 14.6. The average Bonchev–Trinajstić information content (AvgIpc) is 2.69. The zero-order valence-corrected chi connectivity index (χ0v) is 14.5. The van der Waals surface area contributed by atoms with Gasteiger partial charge in [0, 0.05) is 25.0 Å². The van der Waals surface area contributed by atoms with Crippen LogP contribution in [0.5, 0.6) is 0 Å². The van der Waals surface area contributed by atoms with Gasteiger partial charge in [0.1, 0.15) is 5.82 Å². The molecule has 1 aliphatic rings. The Bertz CT molecular complexity index is 826. The van der Waals surface area contributed by atoms with Crippen LogP contribution in [-0.4, -0.2) is 29.6 Å². The molecule has 0 spiro atoms. The van der Waals surface area contributed by atoms with E-state index in [0.29, 0.717) is 0 Å². The Hall–Kier alpha value is -2.62. The molecule has 25 heavy (non-hydrogen) atoms. The third-order valence-corrected chi connectivity index (χ3v) is 4.78. The standard InChI is InChI=1S/C21H24N4/c1-3-9-17(10-4-1)13-14-22-20-18-11-5-6-12-19(18)23-21(24-20)25-15-7-2-8-16-25/h1,3-6,9-12H,2,7-8,13-16H2,(H,22,23,24). The molecule has 4 heteroatoms. The summed E-state index contributed by atoms with van der Waals surface area (Å²) in [6, 6.07) is 18.8. The lowest BCUT2D eigenvalue weighted by atomic mass is 10.1. The summed E-state index contributed by atoms with van der Waals surface area (Å²) >= 11 is 0. The molecule has 4 nitrogen and oxygen atoms in total. The first-order valence-electron chi connectivity index (χ1n) is 9.20. The van der Waals surface area contributed by atoms with Gasteiger partial charge in [-0.2, -0.15) is 4.98 Å². The molecule has 0 bridgehead atoms. The summed E-state index contributed by atoms with van der Waals surface area (Å²) < 4.78 is 0. The summed E-state index contributed by atoms with van der Waals surface area (Å²) in [4.78, 5) is 12.0. The van der Waals surface area contributed by atoms with Crippen LogP contribution < -0.4 is 10.2 Å². The second-order valence-electron chi connectivity index (χ2n) is 6.60. The lowest BCUT2D eigenvalue weighted by Crippen LogP contribution is -2.31. The van der Waals surface area contributed by atoms with Gasteiger partial charge >= 0.3 is 0 Å². The molecule has 0 saturated carbocycles. The molecule has 2 heterocycles. The summed E-state index contributed by atoms with van der Waals surface area (Å²) in [5.74, 6) is 1.81. The van der Waals surface area contributed by atoms with Gasteiger partial charge in [-0.3, -0.25) is 0 Å². The van der Waals surface area contributed by atoms with Crippen molar-refractivity contribution in [1.29, 1.82) is 0 Å². The van der Waals surface area contributed by atoms with Crippen LogP contribution in [0.4, 0.5) is 11.8 Å². The maximum absolute atomic E-state index is 4.86. The van der Waals surface area contributed by atoms with Gasteiger partial charge in [0.2, 0.25) is 5.95 Å². The second-order valence-corrected chi connectivity index (χ2v) is 6.60. The van der Waals surface area contributed by atoms with E-state index in [4.69, 9.17) is 9.97 Å². The zero-order valence-electron chi connectivity index (χ0n) is 14.5. The fraction of sp³-hybridized carbons (Fsp3) is 0.333. The predicted octanol–water partition coefficient (Wildman–Crippen LogP) is 4.27. The summed E-state index contributed by atoms with van der Waals surface area (Å²) in [6.07, 6.45) is 4.75. The van der Waals surface area contributed by atoms with Crippen molar-refractivity contribution in [2.24, 2.45) is 0 Å². The average molecular weight is 332 g/mol. The fourth-order valence-electron chi connectivity index (χ4n) is 3.40. The first kappa shape index (κ1) is 15.9. The van der Waals surface area contributed by atoms with Crippen LogP contribution in [0.1, 0.15) is 24.8 Å². The van der Waals surface area contributed by atoms with Gasteiger partial charge < -0.3 is 10.2 Å². The van der Waals surface area contributed by atoms with Crippen molar-refractivity contribution in [2.45, 2.75) is 25.7 Å². The van der Waals surface area contributed by atoms with Crippen molar-refractivity contribution < 1.29 is 0 Å². The van der Waals surface area contributed by atoms with Crippen molar-refractivity contribution in [3.63, 3.8) is 0 Å².